The number of thiocarbonyl (C=S) groups is 1. The molecule has 2 N–H and O–H groups in total. The van der Waals surface area contributed by atoms with Gasteiger partial charge in [0, 0.05) is 16.7 Å². The van der Waals surface area contributed by atoms with E-state index in [0.29, 0.717) is 5.11 Å². The van der Waals surface area contributed by atoms with Gasteiger partial charge in [-0.3, -0.25) is 0 Å². The monoisotopic (exact) mass is 420 g/mol. The van der Waals surface area contributed by atoms with Gasteiger partial charge in [0.25, 0.3) is 0 Å². The van der Waals surface area contributed by atoms with Crippen LogP contribution in [0.25, 0.3) is 0 Å². The predicted molar refractivity (Wildman–Crippen MR) is 114 cm³/mol. The number of halogens is 1. The van der Waals surface area contributed by atoms with Crippen molar-refractivity contribution in [3.05, 3.63) is 58.1 Å². The molecule has 0 heterocycles. The Balaban J connectivity index is 1.73. The lowest BCUT2D eigenvalue weighted by Gasteiger charge is -2.12. The maximum Gasteiger partial charge on any atom is 0.170 e. The van der Waals surface area contributed by atoms with E-state index in [9.17, 15) is 0 Å². The van der Waals surface area contributed by atoms with Gasteiger partial charge in [0.05, 0.1) is 6.10 Å². The van der Waals surface area contributed by atoms with Crippen LogP contribution in [0.1, 0.15) is 31.4 Å². The summed E-state index contributed by atoms with van der Waals surface area (Å²) in [4.78, 5) is 0. The van der Waals surface area contributed by atoms with E-state index in [2.05, 4.69) is 51.7 Å². The number of hydrogen-bond donors (Lipinski definition) is 2. The molecule has 0 amide bonds. The lowest BCUT2D eigenvalue weighted by Crippen LogP contribution is -2.29. The van der Waals surface area contributed by atoms with Crippen molar-refractivity contribution in [3.8, 4) is 5.75 Å². The van der Waals surface area contributed by atoms with Crippen molar-refractivity contribution >= 4 is 38.9 Å². The normalized spacial score (nSPS) is 10.6. The maximum atomic E-state index is 5.73. The first-order valence-electron chi connectivity index (χ1n) is 8.50. The van der Waals surface area contributed by atoms with Crippen LogP contribution in [0.5, 0.6) is 5.75 Å². The first-order valence-corrected chi connectivity index (χ1v) is 9.71. The third-order valence-electron chi connectivity index (χ3n) is 3.61. The van der Waals surface area contributed by atoms with Crippen LogP contribution in [0.15, 0.2) is 46.9 Å². The number of ether oxygens (including phenoxy) is 1. The quantitative estimate of drug-likeness (QED) is 0.459. The molecule has 2 aromatic rings. The summed E-state index contributed by atoms with van der Waals surface area (Å²) in [5.74, 6) is 0.934. The molecule has 0 radical (unpaired) electrons. The van der Waals surface area contributed by atoms with Gasteiger partial charge in [-0.15, -0.1) is 0 Å². The molecule has 3 nitrogen and oxygen atoms in total. The number of hydrogen-bond acceptors (Lipinski definition) is 2. The van der Waals surface area contributed by atoms with E-state index in [-0.39, 0.29) is 6.10 Å². The second-order valence-electron chi connectivity index (χ2n) is 6.26. The van der Waals surface area contributed by atoms with E-state index in [1.54, 1.807) is 0 Å². The minimum Gasteiger partial charge on any atom is -0.491 e. The Hall–Kier alpha value is -1.59. The van der Waals surface area contributed by atoms with Crippen LogP contribution in [0.2, 0.25) is 0 Å². The number of nitrogens with one attached hydrogen (secondary N) is 2. The molecule has 2 rings (SSSR count). The molecule has 0 saturated carbocycles. The molecule has 25 heavy (non-hydrogen) atoms. The fraction of sp³-hybridized carbons (Fsp3) is 0.350. The SMILES string of the molecule is Cc1cc(NC(=S)NCCCc2cccc(OC(C)C)c2)ccc1Br. The molecule has 0 aliphatic heterocycles. The summed E-state index contributed by atoms with van der Waals surface area (Å²) in [5.41, 5.74) is 3.45. The zero-order valence-corrected chi connectivity index (χ0v) is 17.3. The Morgan fingerprint density at radius 3 is 2.72 bits per heavy atom. The fourth-order valence-electron chi connectivity index (χ4n) is 2.44. The van der Waals surface area contributed by atoms with Gasteiger partial charge in [0.2, 0.25) is 0 Å². The summed E-state index contributed by atoms with van der Waals surface area (Å²) < 4.78 is 6.83. The second-order valence-corrected chi connectivity index (χ2v) is 7.53. The Morgan fingerprint density at radius 2 is 2.00 bits per heavy atom. The lowest BCUT2D eigenvalue weighted by atomic mass is 10.1. The fourth-order valence-corrected chi connectivity index (χ4v) is 2.91. The summed E-state index contributed by atoms with van der Waals surface area (Å²) in [6.45, 7) is 6.97. The van der Waals surface area contributed by atoms with Crippen molar-refractivity contribution in [1.29, 1.82) is 0 Å². The molecular formula is C20H25BrN2OS. The van der Waals surface area contributed by atoms with Crippen LogP contribution in [0.4, 0.5) is 5.69 Å². The first kappa shape index (κ1) is 19.7. The lowest BCUT2D eigenvalue weighted by molar-refractivity contribution is 0.242. The van der Waals surface area contributed by atoms with Gasteiger partial charge in [-0.2, -0.15) is 0 Å². The van der Waals surface area contributed by atoms with E-state index < -0.39 is 0 Å². The topological polar surface area (TPSA) is 33.3 Å². The molecule has 0 unspecified atom stereocenters. The number of benzene rings is 2. The summed E-state index contributed by atoms with van der Waals surface area (Å²) in [5, 5.41) is 7.13. The smallest absolute Gasteiger partial charge is 0.170 e. The van der Waals surface area contributed by atoms with Gasteiger partial charge >= 0.3 is 0 Å². The molecule has 0 fully saturated rings. The molecule has 0 spiro atoms. The van der Waals surface area contributed by atoms with Crippen molar-refractivity contribution in [3.63, 3.8) is 0 Å². The summed E-state index contributed by atoms with van der Waals surface area (Å²) in [6, 6.07) is 14.4. The third kappa shape index (κ3) is 7.04. The highest BCUT2D eigenvalue weighted by molar-refractivity contribution is 9.10. The average Bonchev–Trinajstić information content (AvgIpc) is 2.55. The highest BCUT2D eigenvalue weighted by Gasteiger charge is 2.02. The predicted octanol–water partition coefficient (Wildman–Crippen LogP) is 5.46. The van der Waals surface area contributed by atoms with E-state index in [1.165, 1.54) is 11.1 Å². The van der Waals surface area contributed by atoms with Crippen molar-refractivity contribution < 1.29 is 4.74 Å². The van der Waals surface area contributed by atoms with E-state index in [1.807, 2.05) is 38.1 Å². The molecule has 0 atom stereocenters. The molecule has 134 valence electrons. The van der Waals surface area contributed by atoms with E-state index in [0.717, 1.165) is 35.3 Å². The number of rotatable bonds is 7. The largest absolute Gasteiger partial charge is 0.491 e. The molecule has 5 heteroatoms. The Kier molecular flexibility index (Phi) is 7.72. The van der Waals surface area contributed by atoms with Gasteiger partial charge in [-0.05, 0) is 87.3 Å². The molecule has 0 aromatic heterocycles. The van der Waals surface area contributed by atoms with E-state index >= 15 is 0 Å². The minimum absolute atomic E-state index is 0.197. The van der Waals surface area contributed by atoms with Crippen LogP contribution in [0, 0.1) is 6.92 Å². The zero-order chi connectivity index (χ0) is 18.2. The van der Waals surface area contributed by atoms with Gasteiger partial charge in [-0.25, -0.2) is 0 Å². The Bertz CT molecular complexity index is 719. The highest BCUT2D eigenvalue weighted by atomic mass is 79.9. The van der Waals surface area contributed by atoms with Crippen LogP contribution in [0.3, 0.4) is 0 Å². The third-order valence-corrected chi connectivity index (χ3v) is 4.75. The Labute approximate surface area is 164 Å². The summed E-state index contributed by atoms with van der Waals surface area (Å²) in [6.07, 6.45) is 2.19. The molecule has 0 saturated heterocycles. The van der Waals surface area contributed by atoms with Crippen LogP contribution >= 0.6 is 28.1 Å². The molecular weight excluding hydrogens is 396 g/mol. The van der Waals surface area contributed by atoms with Crippen molar-refractivity contribution in [2.75, 3.05) is 11.9 Å². The highest BCUT2D eigenvalue weighted by Crippen LogP contribution is 2.20. The standard InChI is InChI=1S/C20H25BrN2OS/c1-14(2)24-18-8-4-6-16(13-18)7-5-11-22-20(25)23-17-9-10-19(21)15(3)12-17/h4,6,8-10,12-14H,5,7,11H2,1-3H3,(H2,22,23,25). The zero-order valence-electron chi connectivity index (χ0n) is 14.9. The summed E-state index contributed by atoms with van der Waals surface area (Å²) in [7, 11) is 0. The average molecular weight is 421 g/mol. The molecule has 0 aliphatic rings. The van der Waals surface area contributed by atoms with Gasteiger partial charge < -0.3 is 15.4 Å². The minimum atomic E-state index is 0.197. The van der Waals surface area contributed by atoms with Gasteiger partial charge in [-0.1, -0.05) is 28.1 Å². The van der Waals surface area contributed by atoms with Gasteiger partial charge in [0.1, 0.15) is 5.75 Å². The summed E-state index contributed by atoms with van der Waals surface area (Å²) >= 11 is 8.86. The van der Waals surface area contributed by atoms with Crippen molar-refractivity contribution in [1.82, 2.24) is 5.32 Å². The van der Waals surface area contributed by atoms with Crippen LogP contribution in [-0.2, 0) is 6.42 Å². The number of anilines is 1. The van der Waals surface area contributed by atoms with Crippen LogP contribution < -0.4 is 15.4 Å². The molecule has 0 aliphatic carbocycles. The second kappa shape index (κ2) is 9.78. The first-order chi connectivity index (χ1) is 11.9. The van der Waals surface area contributed by atoms with Crippen molar-refractivity contribution in [2.24, 2.45) is 0 Å². The van der Waals surface area contributed by atoms with Crippen LogP contribution in [-0.4, -0.2) is 17.8 Å². The molecule has 2 aromatic carbocycles. The van der Waals surface area contributed by atoms with Gasteiger partial charge in [0.15, 0.2) is 5.11 Å². The van der Waals surface area contributed by atoms with E-state index in [4.69, 9.17) is 17.0 Å². The Morgan fingerprint density at radius 1 is 1.20 bits per heavy atom. The molecule has 0 bridgehead atoms. The maximum absolute atomic E-state index is 5.73. The van der Waals surface area contributed by atoms with Crippen molar-refractivity contribution in [2.45, 2.75) is 39.7 Å². The number of aryl methyl sites for hydroxylation is 2.